The van der Waals surface area contributed by atoms with Crippen molar-refractivity contribution in [3.63, 3.8) is 0 Å². The Morgan fingerprint density at radius 3 is 2.40 bits per heavy atom. The van der Waals surface area contributed by atoms with Gasteiger partial charge in [0.2, 0.25) is 0 Å². The lowest BCUT2D eigenvalue weighted by atomic mass is 10.2. The van der Waals surface area contributed by atoms with Gasteiger partial charge < -0.3 is 10.5 Å². The van der Waals surface area contributed by atoms with Gasteiger partial charge in [-0.2, -0.15) is 0 Å². The molecule has 0 bridgehead atoms. The average Bonchev–Trinajstić information content (AvgIpc) is 2.21. The Kier molecular flexibility index (Phi) is 7.33. The van der Waals surface area contributed by atoms with Gasteiger partial charge in [-0.05, 0) is 19.4 Å². The molecular formula is C9H19NO4S. The first-order chi connectivity index (χ1) is 7.02. The van der Waals surface area contributed by atoms with Gasteiger partial charge in [0, 0.05) is 0 Å². The summed E-state index contributed by atoms with van der Waals surface area (Å²) in [4.78, 5) is 10.7. The van der Waals surface area contributed by atoms with Gasteiger partial charge in [0.05, 0.1) is 25.0 Å². The molecule has 0 spiro atoms. The molecule has 0 saturated heterocycles. The lowest BCUT2D eigenvalue weighted by Gasteiger charge is -2.03. The van der Waals surface area contributed by atoms with E-state index >= 15 is 0 Å². The molecule has 0 aliphatic rings. The summed E-state index contributed by atoms with van der Waals surface area (Å²) in [6, 6.07) is 0. The minimum atomic E-state index is -3.11. The number of hydrogen-bond acceptors (Lipinski definition) is 5. The van der Waals surface area contributed by atoms with Crippen LogP contribution in [0.2, 0.25) is 0 Å². The quantitative estimate of drug-likeness (QED) is 0.477. The Labute approximate surface area is 90.9 Å². The molecule has 0 aliphatic carbocycles. The maximum absolute atomic E-state index is 11.4. The lowest BCUT2D eigenvalue weighted by molar-refractivity contribution is -0.140. The van der Waals surface area contributed by atoms with Crippen molar-refractivity contribution in [2.24, 2.45) is 5.73 Å². The van der Waals surface area contributed by atoms with Gasteiger partial charge in [-0.25, -0.2) is 8.42 Å². The molecule has 0 fully saturated rings. The molecule has 0 saturated carbocycles. The van der Waals surface area contributed by atoms with Crippen LogP contribution in [-0.4, -0.2) is 39.5 Å². The van der Waals surface area contributed by atoms with E-state index in [1.54, 1.807) is 0 Å². The van der Waals surface area contributed by atoms with Crippen molar-refractivity contribution < 1.29 is 17.9 Å². The van der Waals surface area contributed by atoms with E-state index in [1.807, 2.05) is 0 Å². The van der Waals surface area contributed by atoms with Crippen LogP contribution in [0.4, 0.5) is 0 Å². The Balaban J connectivity index is 3.73. The van der Waals surface area contributed by atoms with Gasteiger partial charge in [0.15, 0.2) is 9.84 Å². The van der Waals surface area contributed by atoms with E-state index in [4.69, 9.17) is 5.73 Å². The van der Waals surface area contributed by atoms with E-state index in [2.05, 4.69) is 4.74 Å². The van der Waals surface area contributed by atoms with Gasteiger partial charge in [0.1, 0.15) is 0 Å². The minimum absolute atomic E-state index is 0.0598. The van der Waals surface area contributed by atoms with Crippen LogP contribution >= 0.6 is 0 Å². The fourth-order valence-corrected chi connectivity index (χ4v) is 2.41. The summed E-state index contributed by atoms with van der Waals surface area (Å²) in [5, 5.41) is 0. The van der Waals surface area contributed by atoms with E-state index < -0.39 is 15.8 Å². The van der Waals surface area contributed by atoms with Gasteiger partial charge >= 0.3 is 5.97 Å². The number of esters is 1. The van der Waals surface area contributed by atoms with E-state index in [0.717, 1.165) is 12.8 Å². The average molecular weight is 237 g/mol. The molecule has 0 rings (SSSR count). The highest BCUT2D eigenvalue weighted by Crippen LogP contribution is 2.02. The van der Waals surface area contributed by atoms with Crippen molar-refractivity contribution in [2.45, 2.75) is 25.7 Å². The topological polar surface area (TPSA) is 86.5 Å². The normalized spacial score (nSPS) is 11.3. The Morgan fingerprint density at radius 1 is 1.20 bits per heavy atom. The van der Waals surface area contributed by atoms with Crippen LogP contribution in [0.15, 0.2) is 0 Å². The zero-order valence-electron chi connectivity index (χ0n) is 9.07. The first-order valence-corrected chi connectivity index (χ1v) is 6.81. The molecule has 15 heavy (non-hydrogen) atoms. The first kappa shape index (κ1) is 14.4. The number of nitrogens with two attached hydrogens (primary N) is 1. The molecular weight excluding hydrogens is 218 g/mol. The molecule has 6 heteroatoms. The van der Waals surface area contributed by atoms with Crippen molar-refractivity contribution in [1.29, 1.82) is 0 Å². The second-order valence-electron chi connectivity index (χ2n) is 3.33. The fraction of sp³-hybridized carbons (Fsp3) is 0.889. The third-order valence-corrected chi connectivity index (χ3v) is 3.74. The number of carbonyl (C=O) groups is 1. The number of methoxy groups -OCH3 is 1. The largest absolute Gasteiger partial charge is 0.469 e. The molecule has 0 aromatic rings. The number of ether oxygens (including phenoxy) is 1. The summed E-state index contributed by atoms with van der Waals surface area (Å²) in [7, 11) is -1.86. The number of carbonyl (C=O) groups excluding carboxylic acids is 1. The molecule has 0 amide bonds. The van der Waals surface area contributed by atoms with Crippen molar-refractivity contribution in [1.82, 2.24) is 0 Å². The summed E-state index contributed by atoms with van der Waals surface area (Å²) in [5.74, 6) is -0.479. The Bertz CT molecular complexity index is 274. The van der Waals surface area contributed by atoms with Crippen LogP contribution in [0, 0.1) is 0 Å². The zero-order chi connectivity index (χ0) is 11.7. The summed E-state index contributed by atoms with van der Waals surface area (Å²) in [5.41, 5.74) is 5.28. The maximum atomic E-state index is 11.4. The molecule has 2 N–H and O–H groups in total. The number of hydrogen-bond donors (Lipinski definition) is 1. The zero-order valence-corrected chi connectivity index (χ0v) is 9.88. The van der Waals surface area contributed by atoms with Gasteiger partial charge in [-0.3, -0.25) is 4.79 Å². The molecule has 5 nitrogen and oxygen atoms in total. The fourth-order valence-electron chi connectivity index (χ4n) is 1.09. The molecule has 0 aromatic heterocycles. The third kappa shape index (κ3) is 8.38. The van der Waals surface area contributed by atoms with Crippen LogP contribution in [0.1, 0.15) is 25.7 Å². The van der Waals surface area contributed by atoms with Gasteiger partial charge in [0.25, 0.3) is 0 Å². The summed E-state index contributed by atoms with van der Waals surface area (Å²) < 4.78 is 27.1. The van der Waals surface area contributed by atoms with E-state index in [1.165, 1.54) is 7.11 Å². The maximum Gasteiger partial charge on any atom is 0.306 e. The minimum Gasteiger partial charge on any atom is -0.469 e. The lowest BCUT2D eigenvalue weighted by Crippen LogP contribution is -2.15. The summed E-state index contributed by atoms with van der Waals surface area (Å²) >= 11 is 0. The molecule has 0 atom stereocenters. The molecule has 0 aliphatic heterocycles. The van der Waals surface area contributed by atoms with Crippen LogP contribution in [0.5, 0.6) is 0 Å². The predicted molar refractivity (Wildman–Crippen MR) is 58.2 cm³/mol. The summed E-state index contributed by atoms with van der Waals surface area (Å²) in [6.45, 7) is 0.586. The highest BCUT2D eigenvalue weighted by Gasteiger charge is 2.13. The van der Waals surface area contributed by atoms with Crippen LogP contribution < -0.4 is 5.73 Å². The van der Waals surface area contributed by atoms with Crippen molar-refractivity contribution >= 4 is 15.8 Å². The Hall–Kier alpha value is -0.620. The molecule has 0 heterocycles. The second-order valence-corrected chi connectivity index (χ2v) is 5.63. The van der Waals surface area contributed by atoms with Crippen molar-refractivity contribution in [2.75, 3.05) is 25.2 Å². The van der Waals surface area contributed by atoms with Gasteiger partial charge in [-0.1, -0.05) is 6.42 Å². The van der Waals surface area contributed by atoms with Crippen molar-refractivity contribution in [3.8, 4) is 0 Å². The standard InChI is InChI=1S/C9H19NO4S/c1-14-9(11)5-8-15(12,13)7-4-2-3-6-10/h2-8,10H2,1H3. The van der Waals surface area contributed by atoms with Crippen molar-refractivity contribution in [3.05, 3.63) is 0 Å². The van der Waals surface area contributed by atoms with Gasteiger partial charge in [-0.15, -0.1) is 0 Å². The molecule has 90 valence electrons. The smallest absolute Gasteiger partial charge is 0.306 e. The van der Waals surface area contributed by atoms with Crippen LogP contribution in [0.3, 0.4) is 0 Å². The monoisotopic (exact) mass is 237 g/mol. The first-order valence-electron chi connectivity index (χ1n) is 4.99. The number of sulfone groups is 1. The molecule has 0 radical (unpaired) electrons. The highest BCUT2D eigenvalue weighted by molar-refractivity contribution is 7.91. The van der Waals surface area contributed by atoms with E-state index in [9.17, 15) is 13.2 Å². The molecule has 0 aromatic carbocycles. The summed E-state index contributed by atoms with van der Waals surface area (Å²) in [6.07, 6.45) is 2.21. The molecule has 0 unspecified atom stereocenters. The number of unbranched alkanes of at least 4 members (excludes halogenated alkanes) is 2. The SMILES string of the molecule is COC(=O)CCS(=O)(=O)CCCCCN. The number of rotatable bonds is 8. The highest BCUT2D eigenvalue weighted by atomic mass is 32.2. The Morgan fingerprint density at radius 2 is 1.87 bits per heavy atom. The van der Waals surface area contributed by atoms with E-state index in [-0.39, 0.29) is 17.9 Å². The van der Waals surface area contributed by atoms with Crippen LogP contribution in [-0.2, 0) is 19.4 Å². The van der Waals surface area contributed by atoms with Crippen LogP contribution in [0.25, 0.3) is 0 Å². The predicted octanol–water partition coefficient (Wildman–Crippen LogP) is 0.0933. The third-order valence-electron chi connectivity index (χ3n) is 2.00. The second kappa shape index (κ2) is 7.64. The van der Waals surface area contributed by atoms with E-state index in [0.29, 0.717) is 13.0 Å².